The number of hydrogen-bond donors (Lipinski definition) is 2. The number of nitrogens with zero attached hydrogens (tertiary/aromatic N) is 1. The molecule has 4 fully saturated rings. The lowest BCUT2D eigenvalue weighted by Gasteiger charge is -2.34. The summed E-state index contributed by atoms with van der Waals surface area (Å²) in [5, 5.41) is 6.08. The number of alkyl carbamates (subject to hydrolysis) is 1. The van der Waals surface area contributed by atoms with E-state index in [9.17, 15) is 24.0 Å². The summed E-state index contributed by atoms with van der Waals surface area (Å²) in [6.45, 7) is 7.70. The molecule has 0 aliphatic heterocycles. The lowest BCUT2D eigenvalue weighted by atomic mass is 9.72. The molecule has 0 unspecified atom stereocenters. The van der Waals surface area contributed by atoms with E-state index in [4.69, 9.17) is 18.9 Å². The van der Waals surface area contributed by atoms with E-state index in [0.29, 0.717) is 63.0 Å². The maximum atomic E-state index is 12.2. The van der Waals surface area contributed by atoms with Crippen LogP contribution in [0.15, 0.2) is 0 Å². The van der Waals surface area contributed by atoms with Gasteiger partial charge in [-0.2, -0.15) is 0 Å². The number of nitrogens with one attached hydrogen (secondary N) is 2. The molecular weight excluding hydrogens is 739 g/mol. The first-order chi connectivity index (χ1) is 27.9. The molecule has 2 N–H and O–H groups in total. The van der Waals surface area contributed by atoms with Gasteiger partial charge in [-0.25, -0.2) is 4.79 Å². The summed E-state index contributed by atoms with van der Waals surface area (Å²) >= 11 is 0. The van der Waals surface area contributed by atoms with Crippen LogP contribution in [0.4, 0.5) is 4.79 Å². The number of hydrogen-bond acceptors (Lipinski definition) is 9. The zero-order valence-corrected chi connectivity index (χ0v) is 37.0. The Hall–Kier alpha value is -2.73. The summed E-state index contributed by atoms with van der Waals surface area (Å²) in [7, 11) is 3.29. The minimum Gasteiger partial charge on any atom is -0.464 e. The van der Waals surface area contributed by atoms with Gasteiger partial charge in [-0.15, -0.1) is 0 Å². The van der Waals surface area contributed by atoms with Crippen molar-refractivity contribution < 1.29 is 42.9 Å². The van der Waals surface area contributed by atoms with Gasteiger partial charge in [0.15, 0.2) is 0 Å². The summed E-state index contributed by atoms with van der Waals surface area (Å²) in [5.41, 5.74) is 0. The highest BCUT2D eigenvalue weighted by Crippen LogP contribution is 2.40. The summed E-state index contributed by atoms with van der Waals surface area (Å²) in [6, 6.07) is 0.655. The minimum atomic E-state index is -0.271. The van der Waals surface area contributed by atoms with Crippen LogP contribution in [0.1, 0.15) is 162 Å². The number of methoxy groups -OCH3 is 2. The standard InChI is InChI=1S/C25H43NO5.C21H38N2O4/c1-19(27)16-21-4-6-22(7-5-21)17-23-8-10-24(11-9-23)18-25(29)31-15-13-26(20(2)28)12-14-30-3;1-16(24)22-19-9-5-17(6-10-19)15-18-7-11-20(12-8-18)23-21(25)27-14-4-3-13-26-2/h21-24H,4-18H2,1-3H3;17-20H,3-15H2,1-2H3,(H,22,24)(H,23,25). The van der Waals surface area contributed by atoms with Crippen molar-refractivity contribution in [3.8, 4) is 0 Å². The van der Waals surface area contributed by atoms with Gasteiger partial charge in [0.1, 0.15) is 12.4 Å². The average Bonchev–Trinajstić information content (AvgIpc) is 3.19. The predicted molar refractivity (Wildman–Crippen MR) is 226 cm³/mol. The quantitative estimate of drug-likeness (QED) is 0.0864. The average molecular weight is 820 g/mol. The number of carbonyl (C=O) groups is 5. The van der Waals surface area contributed by atoms with E-state index in [1.54, 1.807) is 33.0 Å². The van der Waals surface area contributed by atoms with E-state index in [1.165, 1.54) is 84.0 Å². The van der Waals surface area contributed by atoms with E-state index in [-0.39, 0.29) is 36.5 Å². The number of unbranched alkanes of at least 4 members (excludes halogenated alkanes) is 1. The molecule has 0 heterocycles. The van der Waals surface area contributed by atoms with Gasteiger partial charge in [0.25, 0.3) is 0 Å². The van der Waals surface area contributed by atoms with Crippen LogP contribution in [0.2, 0.25) is 0 Å². The first-order valence-electron chi connectivity index (χ1n) is 23.0. The smallest absolute Gasteiger partial charge is 0.407 e. The van der Waals surface area contributed by atoms with E-state index in [1.807, 2.05) is 0 Å². The van der Waals surface area contributed by atoms with Crippen molar-refractivity contribution in [2.75, 3.05) is 53.7 Å². The Morgan fingerprint density at radius 3 is 1.40 bits per heavy atom. The first kappa shape index (κ1) is 49.6. The van der Waals surface area contributed by atoms with Gasteiger partial charge in [-0.05, 0) is 145 Å². The van der Waals surface area contributed by atoms with Gasteiger partial charge < -0.3 is 39.3 Å². The molecule has 0 bridgehead atoms. The van der Waals surface area contributed by atoms with Crippen molar-refractivity contribution in [2.24, 2.45) is 35.5 Å². The summed E-state index contributed by atoms with van der Waals surface area (Å²) in [5.74, 6) is 4.55. The second-order valence-corrected chi connectivity index (χ2v) is 18.2. The van der Waals surface area contributed by atoms with Gasteiger partial charge in [0.2, 0.25) is 11.8 Å². The Balaban J connectivity index is 0.000000313. The van der Waals surface area contributed by atoms with E-state index in [0.717, 1.165) is 81.5 Å². The highest BCUT2D eigenvalue weighted by atomic mass is 16.5. The molecule has 3 amide bonds. The second kappa shape index (κ2) is 28.7. The van der Waals surface area contributed by atoms with Crippen LogP contribution in [0.25, 0.3) is 0 Å². The molecule has 0 radical (unpaired) electrons. The minimum absolute atomic E-state index is 0.0289. The van der Waals surface area contributed by atoms with Crippen molar-refractivity contribution in [1.82, 2.24) is 15.5 Å². The zero-order valence-electron chi connectivity index (χ0n) is 37.0. The maximum Gasteiger partial charge on any atom is 0.407 e. The topological polar surface area (TPSA) is 150 Å². The predicted octanol–water partition coefficient (Wildman–Crippen LogP) is 8.18. The monoisotopic (exact) mass is 820 g/mol. The lowest BCUT2D eigenvalue weighted by molar-refractivity contribution is -0.147. The normalized spacial score (nSPS) is 27.3. The highest BCUT2D eigenvalue weighted by Gasteiger charge is 2.30. The van der Waals surface area contributed by atoms with Crippen molar-refractivity contribution in [3.05, 3.63) is 0 Å². The van der Waals surface area contributed by atoms with E-state index >= 15 is 0 Å². The number of amides is 3. The molecular formula is C46H81N3O9. The van der Waals surface area contributed by atoms with Crippen LogP contribution >= 0.6 is 0 Å². The van der Waals surface area contributed by atoms with Crippen molar-refractivity contribution in [3.63, 3.8) is 0 Å². The number of ether oxygens (including phenoxy) is 4. The van der Waals surface area contributed by atoms with E-state index in [2.05, 4.69) is 10.6 Å². The highest BCUT2D eigenvalue weighted by molar-refractivity contribution is 5.75. The van der Waals surface area contributed by atoms with Crippen LogP contribution in [-0.2, 0) is 38.1 Å². The second-order valence-electron chi connectivity index (χ2n) is 18.2. The first-order valence-corrected chi connectivity index (χ1v) is 23.0. The SMILES string of the molecule is COCCCCOC(=O)NC1CCC(CC2CCC(NC(C)=O)CC2)CC1.COCCN(CCOC(=O)CC1CCC(CC2CCC(CC(C)=O)CC2)CC1)C(C)=O. The number of ketones is 1. The summed E-state index contributed by atoms with van der Waals surface area (Å²) in [6.07, 6.45) is 24.3. The zero-order chi connectivity index (χ0) is 42.1. The molecule has 0 aromatic carbocycles. The number of carbonyl (C=O) groups excluding carboxylic acids is 5. The molecule has 334 valence electrons. The number of Topliss-reactive ketones (excluding diaryl/α,β-unsaturated/α-hetero) is 1. The van der Waals surface area contributed by atoms with Crippen LogP contribution in [0.5, 0.6) is 0 Å². The molecule has 4 rings (SSSR count). The largest absolute Gasteiger partial charge is 0.464 e. The van der Waals surface area contributed by atoms with Crippen LogP contribution in [0.3, 0.4) is 0 Å². The third-order valence-electron chi connectivity index (χ3n) is 13.3. The van der Waals surface area contributed by atoms with Gasteiger partial charge in [-0.3, -0.25) is 14.4 Å². The van der Waals surface area contributed by atoms with E-state index < -0.39 is 0 Å². The molecule has 12 nitrogen and oxygen atoms in total. The number of rotatable bonds is 21. The lowest BCUT2D eigenvalue weighted by Crippen LogP contribution is -2.39. The molecule has 0 spiro atoms. The van der Waals surface area contributed by atoms with Crippen LogP contribution < -0.4 is 10.6 Å². The molecule has 58 heavy (non-hydrogen) atoms. The molecule has 0 atom stereocenters. The molecule has 4 saturated carbocycles. The third-order valence-corrected chi connectivity index (χ3v) is 13.3. The third kappa shape index (κ3) is 21.5. The summed E-state index contributed by atoms with van der Waals surface area (Å²) in [4.78, 5) is 59.8. The van der Waals surface area contributed by atoms with Crippen molar-refractivity contribution >= 4 is 29.7 Å². The molecule has 4 aliphatic rings. The van der Waals surface area contributed by atoms with Gasteiger partial charge >= 0.3 is 12.1 Å². The van der Waals surface area contributed by atoms with Crippen LogP contribution in [0, 0.1) is 35.5 Å². The Morgan fingerprint density at radius 1 is 0.500 bits per heavy atom. The fraction of sp³-hybridized carbons (Fsp3) is 0.891. The molecule has 0 aromatic rings. The molecule has 12 heteroatoms. The number of esters is 1. The fourth-order valence-corrected chi connectivity index (χ4v) is 9.98. The van der Waals surface area contributed by atoms with Crippen molar-refractivity contribution in [1.29, 1.82) is 0 Å². The molecule has 0 aromatic heterocycles. The Labute approximate surface area is 350 Å². The Bertz CT molecular complexity index is 1180. The maximum absolute atomic E-state index is 12.2. The summed E-state index contributed by atoms with van der Waals surface area (Å²) < 4.78 is 20.6. The Morgan fingerprint density at radius 2 is 0.931 bits per heavy atom. The van der Waals surface area contributed by atoms with Crippen LogP contribution in [-0.4, -0.2) is 100 Å². The van der Waals surface area contributed by atoms with Gasteiger partial charge in [0, 0.05) is 66.1 Å². The molecule has 4 aliphatic carbocycles. The van der Waals surface area contributed by atoms with Gasteiger partial charge in [0.05, 0.1) is 19.8 Å². The fourth-order valence-electron chi connectivity index (χ4n) is 9.98. The molecule has 0 saturated heterocycles. The van der Waals surface area contributed by atoms with Gasteiger partial charge in [-0.1, -0.05) is 25.7 Å². The van der Waals surface area contributed by atoms with Crippen molar-refractivity contribution in [2.45, 2.75) is 174 Å². The Kier molecular flexibility index (Phi) is 24.5.